The van der Waals surface area contributed by atoms with Crippen LogP contribution in [0.4, 0.5) is 4.39 Å². The minimum Gasteiger partial charge on any atom is -0.455 e. The van der Waals surface area contributed by atoms with Gasteiger partial charge in [0.05, 0.1) is 12.4 Å². The van der Waals surface area contributed by atoms with E-state index in [2.05, 4.69) is 31.8 Å². The van der Waals surface area contributed by atoms with Gasteiger partial charge in [-0.05, 0) is 29.5 Å². The summed E-state index contributed by atoms with van der Waals surface area (Å²) in [5.74, 6) is 0.730. The van der Waals surface area contributed by atoms with Crippen molar-refractivity contribution in [1.82, 2.24) is 4.98 Å². The second-order valence-electron chi connectivity index (χ2n) is 5.67. The summed E-state index contributed by atoms with van der Waals surface area (Å²) in [7, 11) is 0. The smallest absolute Gasteiger partial charge is 0.148 e. The molecule has 100 valence electrons. The van der Waals surface area contributed by atoms with Crippen molar-refractivity contribution in [2.24, 2.45) is 0 Å². The number of hydrogen-bond acceptors (Lipinski definition) is 2. The second-order valence-corrected chi connectivity index (χ2v) is 5.67. The predicted octanol–water partition coefficient (Wildman–Crippen LogP) is 4.62. The number of hydrogen-bond donors (Lipinski definition) is 0. The van der Waals surface area contributed by atoms with Gasteiger partial charge in [0.15, 0.2) is 0 Å². The Bertz CT molecular complexity index is 588. The third-order valence-corrected chi connectivity index (χ3v) is 2.95. The summed E-state index contributed by atoms with van der Waals surface area (Å²) >= 11 is 0. The van der Waals surface area contributed by atoms with Crippen LogP contribution in [0.1, 0.15) is 31.9 Å². The molecule has 1 aromatic heterocycles. The highest BCUT2D eigenvalue weighted by Crippen LogP contribution is 2.30. The van der Waals surface area contributed by atoms with Crippen LogP contribution in [0.15, 0.2) is 36.7 Å². The lowest BCUT2D eigenvalue weighted by atomic mass is 9.86. The van der Waals surface area contributed by atoms with E-state index in [4.69, 9.17) is 4.74 Å². The van der Waals surface area contributed by atoms with E-state index in [1.807, 2.05) is 19.1 Å². The van der Waals surface area contributed by atoms with E-state index < -0.39 is 5.82 Å². The standard InChI is InChI=1S/C16H18FNO/c1-11-7-12(16(2,3)4)5-6-15(11)19-14-8-13(17)9-18-10-14/h5-10H,1-4H3. The molecule has 1 aromatic carbocycles. The third kappa shape index (κ3) is 3.31. The van der Waals surface area contributed by atoms with Gasteiger partial charge in [-0.3, -0.25) is 4.98 Å². The van der Waals surface area contributed by atoms with Crippen LogP contribution in [0, 0.1) is 12.7 Å². The van der Waals surface area contributed by atoms with Gasteiger partial charge < -0.3 is 4.74 Å². The summed E-state index contributed by atoms with van der Waals surface area (Å²) in [6.45, 7) is 8.48. The average Bonchev–Trinajstić information content (AvgIpc) is 2.30. The van der Waals surface area contributed by atoms with Crippen molar-refractivity contribution in [3.8, 4) is 11.5 Å². The zero-order valence-corrected chi connectivity index (χ0v) is 11.7. The van der Waals surface area contributed by atoms with E-state index >= 15 is 0 Å². The summed E-state index contributed by atoms with van der Waals surface area (Å²) in [6, 6.07) is 7.38. The van der Waals surface area contributed by atoms with Crippen LogP contribution in [0.25, 0.3) is 0 Å². The molecule has 1 heterocycles. The van der Waals surface area contributed by atoms with Gasteiger partial charge in [-0.25, -0.2) is 4.39 Å². The quantitative estimate of drug-likeness (QED) is 0.785. The highest BCUT2D eigenvalue weighted by Gasteiger charge is 2.15. The Morgan fingerprint density at radius 3 is 2.42 bits per heavy atom. The minimum atomic E-state index is -0.401. The highest BCUT2D eigenvalue weighted by molar-refractivity contribution is 5.41. The van der Waals surface area contributed by atoms with Crippen LogP contribution in [0.5, 0.6) is 11.5 Å². The minimum absolute atomic E-state index is 0.101. The van der Waals surface area contributed by atoms with Gasteiger partial charge in [-0.15, -0.1) is 0 Å². The molecule has 0 fully saturated rings. The number of pyridine rings is 1. The Labute approximate surface area is 113 Å². The lowest BCUT2D eigenvalue weighted by Gasteiger charge is -2.20. The van der Waals surface area contributed by atoms with Crippen LogP contribution >= 0.6 is 0 Å². The van der Waals surface area contributed by atoms with Gasteiger partial charge in [0.2, 0.25) is 0 Å². The Hall–Kier alpha value is -1.90. The second kappa shape index (κ2) is 5.00. The van der Waals surface area contributed by atoms with Gasteiger partial charge in [0.1, 0.15) is 17.3 Å². The van der Waals surface area contributed by atoms with E-state index in [0.29, 0.717) is 5.75 Å². The zero-order valence-electron chi connectivity index (χ0n) is 11.7. The van der Waals surface area contributed by atoms with Crippen LogP contribution in [-0.4, -0.2) is 4.98 Å². The van der Waals surface area contributed by atoms with Crippen molar-refractivity contribution < 1.29 is 9.13 Å². The van der Waals surface area contributed by atoms with Crippen molar-refractivity contribution in [2.45, 2.75) is 33.1 Å². The fraction of sp³-hybridized carbons (Fsp3) is 0.312. The van der Waals surface area contributed by atoms with Crippen LogP contribution in [0.2, 0.25) is 0 Å². The Morgan fingerprint density at radius 1 is 1.11 bits per heavy atom. The van der Waals surface area contributed by atoms with Crippen molar-refractivity contribution in [2.75, 3.05) is 0 Å². The molecule has 0 radical (unpaired) electrons. The summed E-state index contributed by atoms with van der Waals surface area (Å²) in [4.78, 5) is 3.77. The molecule has 0 aliphatic carbocycles. The van der Waals surface area contributed by atoms with E-state index in [9.17, 15) is 4.39 Å². The number of aryl methyl sites for hydroxylation is 1. The Morgan fingerprint density at radius 2 is 1.84 bits per heavy atom. The van der Waals surface area contributed by atoms with E-state index in [-0.39, 0.29) is 5.41 Å². The number of ether oxygens (including phenoxy) is 1. The van der Waals surface area contributed by atoms with Gasteiger partial charge in [0, 0.05) is 6.07 Å². The maximum atomic E-state index is 13.0. The topological polar surface area (TPSA) is 22.1 Å². The first-order valence-corrected chi connectivity index (χ1v) is 6.26. The van der Waals surface area contributed by atoms with Gasteiger partial charge in [-0.2, -0.15) is 0 Å². The van der Waals surface area contributed by atoms with Crippen molar-refractivity contribution in [3.63, 3.8) is 0 Å². The third-order valence-electron chi connectivity index (χ3n) is 2.95. The molecule has 0 aliphatic heterocycles. The van der Waals surface area contributed by atoms with Crippen LogP contribution in [-0.2, 0) is 5.41 Å². The lowest BCUT2D eigenvalue weighted by molar-refractivity contribution is 0.468. The van der Waals surface area contributed by atoms with Gasteiger partial charge in [-0.1, -0.05) is 32.9 Å². The number of halogens is 1. The lowest BCUT2D eigenvalue weighted by Crippen LogP contribution is -2.11. The molecule has 0 atom stereocenters. The first-order valence-electron chi connectivity index (χ1n) is 6.26. The van der Waals surface area contributed by atoms with E-state index in [0.717, 1.165) is 17.5 Å². The predicted molar refractivity (Wildman–Crippen MR) is 74.1 cm³/mol. The summed E-state index contributed by atoms with van der Waals surface area (Å²) < 4.78 is 18.7. The molecular formula is C16H18FNO. The summed E-state index contributed by atoms with van der Waals surface area (Å²) in [5.41, 5.74) is 2.37. The first-order chi connectivity index (χ1) is 8.86. The Balaban J connectivity index is 2.27. The molecule has 3 heteroatoms. The molecular weight excluding hydrogens is 241 g/mol. The maximum Gasteiger partial charge on any atom is 0.148 e. The van der Waals surface area contributed by atoms with Gasteiger partial charge >= 0.3 is 0 Å². The van der Waals surface area contributed by atoms with Crippen LogP contribution in [0.3, 0.4) is 0 Å². The molecule has 2 aromatic rings. The SMILES string of the molecule is Cc1cc(C(C)(C)C)ccc1Oc1cncc(F)c1. The molecule has 0 saturated carbocycles. The monoisotopic (exact) mass is 259 g/mol. The van der Waals surface area contributed by atoms with Crippen molar-refractivity contribution in [1.29, 1.82) is 0 Å². The largest absolute Gasteiger partial charge is 0.455 e. The number of benzene rings is 1. The molecule has 0 aliphatic rings. The fourth-order valence-corrected chi connectivity index (χ4v) is 1.81. The summed E-state index contributed by atoms with van der Waals surface area (Å²) in [6.07, 6.45) is 2.66. The first kappa shape index (κ1) is 13.5. The average molecular weight is 259 g/mol. The Kier molecular flexibility index (Phi) is 3.56. The molecule has 0 unspecified atom stereocenters. The highest BCUT2D eigenvalue weighted by atomic mass is 19.1. The molecule has 0 N–H and O–H groups in total. The molecule has 2 rings (SSSR count). The van der Waals surface area contributed by atoms with Crippen LogP contribution < -0.4 is 4.74 Å². The molecule has 19 heavy (non-hydrogen) atoms. The normalized spacial score (nSPS) is 11.4. The number of nitrogens with zero attached hydrogens (tertiary/aromatic N) is 1. The summed E-state index contributed by atoms with van der Waals surface area (Å²) in [5, 5.41) is 0. The van der Waals surface area contributed by atoms with Crippen molar-refractivity contribution in [3.05, 3.63) is 53.6 Å². The molecule has 0 bridgehead atoms. The molecule has 0 amide bonds. The van der Waals surface area contributed by atoms with E-state index in [1.54, 1.807) is 0 Å². The molecule has 0 spiro atoms. The molecule has 0 saturated heterocycles. The number of rotatable bonds is 2. The zero-order chi connectivity index (χ0) is 14.0. The maximum absolute atomic E-state index is 13.0. The van der Waals surface area contributed by atoms with Crippen molar-refractivity contribution >= 4 is 0 Å². The number of aromatic nitrogens is 1. The molecule has 2 nitrogen and oxygen atoms in total. The fourth-order valence-electron chi connectivity index (χ4n) is 1.81. The van der Waals surface area contributed by atoms with Gasteiger partial charge in [0.25, 0.3) is 0 Å². The van der Waals surface area contributed by atoms with E-state index in [1.165, 1.54) is 17.8 Å².